The molecular formula is C23H20O10. The zero-order valence-electron chi connectivity index (χ0n) is 17.0. The number of ether oxygens (including phenoxy) is 2. The number of carbonyl (C=O) groups excluding carboxylic acids is 2. The van der Waals surface area contributed by atoms with E-state index in [4.69, 9.17) is 14.6 Å². The zero-order chi connectivity index (χ0) is 24.4. The first-order chi connectivity index (χ1) is 15.6. The Balaban J connectivity index is 2.10. The van der Waals surface area contributed by atoms with Crippen molar-refractivity contribution in [2.75, 3.05) is 0 Å². The second kappa shape index (κ2) is 11.7. The molecule has 10 heteroatoms. The van der Waals surface area contributed by atoms with Gasteiger partial charge in [0.25, 0.3) is 0 Å². The Morgan fingerprint density at radius 2 is 1.15 bits per heavy atom. The number of phenols is 2. The van der Waals surface area contributed by atoms with Gasteiger partial charge in [0.1, 0.15) is 11.5 Å². The summed E-state index contributed by atoms with van der Waals surface area (Å²) in [5, 5.41) is 37.0. The summed E-state index contributed by atoms with van der Waals surface area (Å²) in [5.74, 6) is -5.32. The number of benzene rings is 2. The Labute approximate surface area is 187 Å². The Kier molecular flexibility index (Phi) is 8.75. The van der Waals surface area contributed by atoms with E-state index in [2.05, 4.69) is 0 Å². The first-order valence-corrected chi connectivity index (χ1v) is 9.44. The quantitative estimate of drug-likeness (QED) is 0.307. The van der Waals surface area contributed by atoms with Crippen molar-refractivity contribution in [3.63, 3.8) is 0 Å². The van der Waals surface area contributed by atoms with Crippen LogP contribution in [0.3, 0.4) is 0 Å². The van der Waals surface area contributed by atoms with Crippen molar-refractivity contribution in [1.29, 1.82) is 0 Å². The minimum Gasteiger partial charge on any atom is -0.508 e. The molecule has 0 aliphatic rings. The van der Waals surface area contributed by atoms with Crippen molar-refractivity contribution in [2.45, 2.75) is 18.6 Å². The van der Waals surface area contributed by atoms with Crippen LogP contribution in [0.25, 0.3) is 12.2 Å². The van der Waals surface area contributed by atoms with Crippen LogP contribution >= 0.6 is 0 Å². The number of carboxylic acid groups (broad SMARTS) is 2. The molecule has 2 rings (SSSR count). The van der Waals surface area contributed by atoms with Crippen molar-refractivity contribution in [1.82, 2.24) is 0 Å². The van der Waals surface area contributed by atoms with E-state index >= 15 is 0 Å². The molecule has 0 aliphatic heterocycles. The van der Waals surface area contributed by atoms with Crippen LogP contribution in [-0.2, 0) is 28.7 Å². The number of rotatable bonds is 10. The van der Waals surface area contributed by atoms with E-state index < -0.39 is 42.5 Å². The maximum atomic E-state index is 12.1. The number of aromatic hydroxyl groups is 2. The fourth-order valence-corrected chi connectivity index (χ4v) is 2.52. The highest BCUT2D eigenvalue weighted by atomic mass is 16.6. The molecule has 0 aromatic heterocycles. The van der Waals surface area contributed by atoms with Gasteiger partial charge < -0.3 is 29.9 Å². The van der Waals surface area contributed by atoms with E-state index in [0.717, 1.165) is 12.2 Å². The van der Waals surface area contributed by atoms with Crippen LogP contribution in [0.1, 0.15) is 17.5 Å². The van der Waals surface area contributed by atoms with Crippen LogP contribution in [0.15, 0.2) is 60.7 Å². The van der Waals surface area contributed by atoms with Crippen LogP contribution in [0.2, 0.25) is 0 Å². The fourth-order valence-electron chi connectivity index (χ4n) is 2.52. The molecule has 172 valence electrons. The van der Waals surface area contributed by atoms with E-state index in [-0.39, 0.29) is 11.5 Å². The molecule has 4 N–H and O–H groups in total. The van der Waals surface area contributed by atoms with E-state index in [9.17, 15) is 34.5 Å². The average molecular weight is 456 g/mol. The van der Waals surface area contributed by atoms with E-state index in [0.29, 0.717) is 11.1 Å². The van der Waals surface area contributed by atoms with Crippen molar-refractivity contribution in [2.24, 2.45) is 0 Å². The van der Waals surface area contributed by atoms with E-state index in [1.165, 1.54) is 60.7 Å². The molecule has 0 heterocycles. The summed E-state index contributed by atoms with van der Waals surface area (Å²) in [5.41, 5.74) is 1.02. The number of hydrogen-bond donors (Lipinski definition) is 4. The number of carboxylic acids is 2. The Morgan fingerprint density at radius 1 is 0.727 bits per heavy atom. The lowest BCUT2D eigenvalue weighted by atomic mass is 10.1. The molecule has 0 saturated carbocycles. The number of aliphatic carboxylic acids is 2. The summed E-state index contributed by atoms with van der Waals surface area (Å²) in [7, 11) is 0. The van der Waals surface area contributed by atoms with Gasteiger partial charge in [0.05, 0.1) is 6.42 Å². The van der Waals surface area contributed by atoms with Gasteiger partial charge in [0, 0.05) is 12.2 Å². The SMILES string of the molecule is O=C(O)C[C@H](OC(=O)/C=C/c1ccc(O)cc1)C(OC(=O)/C=C/c1ccc(O)cc1)C(=O)O. The third-order valence-electron chi connectivity index (χ3n) is 4.08. The van der Waals surface area contributed by atoms with Crippen LogP contribution in [0, 0.1) is 0 Å². The largest absolute Gasteiger partial charge is 0.508 e. The zero-order valence-corrected chi connectivity index (χ0v) is 17.0. The first-order valence-electron chi connectivity index (χ1n) is 9.44. The molecule has 2 aromatic rings. The first kappa shape index (κ1) is 24.7. The highest BCUT2D eigenvalue weighted by molar-refractivity contribution is 5.90. The number of esters is 2. The summed E-state index contributed by atoms with van der Waals surface area (Å²) >= 11 is 0. The normalized spacial score (nSPS) is 12.8. The maximum Gasteiger partial charge on any atom is 0.349 e. The average Bonchev–Trinajstić information content (AvgIpc) is 2.75. The molecule has 0 spiro atoms. The van der Waals surface area contributed by atoms with Gasteiger partial charge in [-0.1, -0.05) is 24.3 Å². The molecule has 0 amide bonds. The molecule has 0 fully saturated rings. The number of carbonyl (C=O) groups is 4. The van der Waals surface area contributed by atoms with Crippen LogP contribution in [0.5, 0.6) is 11.5 Å². The third kappa shape index (κ3) is 8.58. The fraction of sp³-hybridized carbons (Fsp3) is 0.130. The van der Waals surface area contributed by atoms with Gasteiger partial charge in [-0.2, -0.15) is 0 Å². The van der Waals surface area contributed by atoms with Crippen molar-refractivity contribution >= 4 is 36.0 Å². The van der Waals surface area contributed by atoms with E-state index in [1.54, 1.807) is 0 Å². The summed E-state index contributed by atoms with van der Waals surface area (Å²) < 4.78 is 9.77. The summed E-state index contributed by atoms with van der Waals surface area (Å²) in [6.45, 7) is 0. The lowest BCUT2D eigenvalue weighted by Gasteiger charge is -2.21. The molecule has 0 radical (unpaired) electrons. The summed E-state index contributed by atoms with van der Waals surface area (Å²) in [6, 6.07) is 11.5. The Bertz CT molecular complexity index is 1050. The van der Waals surface area contributed by atoms with Gasteiger partial charge in [0.15, 0.2) is 6.10 Å². The van der Waals surface area contributed by atoms with Crippen molar-refractivity contribution in [3.05, 3.63) is 71.8 Å². The molecule has 1 unspecified atom stereocenters. The molecule has 0 aliphatic carbocycles. The number of phenolic OH excluding ortho intramolecular Hbond substituents is 2. The second-order valence-electron chi connectivity index (χ2n) is 6.62. The third-order valence-corrected chi connectivity index (χ3v) is 4.08. The van der Waals surface area contributed by atoms with Gasteiger partial charge in [0.2, 0.25) is 6.10 Å². The summed E-state index contributed by atoms with van der Waals surface area (Å²) in [4.78, 5) is 46.9. The van der Waals surface area contributed by atoms with E-state index in [1.807, 2.05) is 0 Å². The summed E-state index contributed by atoms with van der Waals surface area (Å²) in [6.07, 6.45) is -0.363. The van der Waals surface area contributed by atoms with Gasteiger partial charge in [-0.3, -0.25) is 4.79 Å². The van der Waals surface area contributed by atoms with Gasteiger partial charge in [-0.25, -0.2) is 14.4 Å². The van der Waals surface area contributed by atoms with Crippen molar-refractivity contribution in [3.8, 4) is 11.5 Å². The second-order valence-corrected chi connectivity index (χ2v) is 6.62. The highest BCUT2D eigenvalue weighted by Gasteiger charge is 2.36. The monoisotopic (exact) mass is 456 g/mol. The predicted molar refractivity (Wildman–Crippen MR) is 114 cm³/mol. The molecule has 33 heavy (non-hydrogen) atoms. The van der Waals surface area contributed by atoms with Gasteiger partial charge in [-0.05, 0) is 47.5 Å². The molecule has 2 aromatic carbocycles. The molecular weight excluding hydrogens is 436 g/mol. The smallest absolute Gasteiger partial charge is 0.349 e. The lowest BCUT2D eigenvalue weighted by Crippen LogP contribution is -2.42. The van der Waals surface area contributed by atoms with Crippen molar-refractivity contribution < 1.29 is 49.1 Å². The van der Waals surface area contributed by atoms with Crippen LogP contribution in [0.4, 0.5) is 0 Å². The van der Waals surface area contributed by atoms with Crippen LogP contribution < -0.4 is 0 Å². The predicted octanol–water partition coefficient (Wildman–Crippen LogP) is 2.21. The highest BCUT2D eigenvalue weighted by Crippen LogP contribution is 2.15. The van der Waals surface area contributed by atoms with Crippen LogP contribution in [-0.4, -0.2) is 56.5 Å². The topological polar surface area (TPSA) is 168 Å². The lowest BCUT2D eigenvalue weighted by molar-refractivity contribution is -0.177. The number of hydrogen-bond acceptors (Lipinski definition) is 8. The Hall–Kier alpha value is -4.60. The van der Waals surface area contributed by atoms with Gasteiger partial charge in [-0.15, -0.1) is 0 Å². The molecule has 0 saturated heterocycles. The molecule has 10 nitrogen and oxygen atoms in total. The molecule has 2 atom stereocenters. The van der Waals surface area contributed by atoms with Gasteiger partial charge >= 0.3 is 23.9 Å². The minimum atomic E-state index is -2.08. The maximum absolute atomic E-state index is 12.1. The Morgan fingerprint density at radius 3 is 1.55 bits per heavy atom. The standard InChI is InChI=1S/C23H20O10/c24-16-7-1-14(2-8-16)5-11-20(28)32-18(13-19(26)27)22(23(30)31)33-21(29)12-6-15-3-9-17(25)10-4-15/h1-12,18,22,24-25H,13H2,(H,26,27)(H,30,31)/b11-5+,12-6+/t18-,22?/m0/s1. The molecule has 0 bridgehead atoms. The minimum absolute atomic E-state index is 0.0125.